The number of methoxy groups -OCH3 is 1. The number of hydrogen-bond acceptors (Lipinski definition) is 4. The van der Waals surface area contributed by atoms with Crippen LogP contribution in [0.15, 0.2) is 42.5 Å². The van der Waals surface area contributed by atoms with Crippen molar-refractivity contribution < 1.29 is 19.0 Å². The highest BCUT2D eigenvalue weighted by molar-refractivity contribution is 6.05. The van der Waals surface area contributed by atoms with E-state index in [1.54, 1.807) is 7.11 Å². The Morgan fingerprint density at radius 2 is 1.90 bits per heavy atom. The Labute approximate surface area is 122 Å². The van der Waals surface area contributed by atoms with Crippen molar-refractivity contribution in [1.29, 1.82) is 0 Å². The first-order valence-electron chi connectivity index (χ1n) is 6.80. The van der Waals surface area contributed by atoms with Gasteiger partial charge in [0.2, 0.25) is 5.78 Å². The molecule has 2 heterocycles. The molecule has 2 aromatic rings. The fourth-order valence-electron chi connectivity index (χ4n) is 2.78. The molecule has 4 nitrogen and oxygen atoms in total. The van der Waals surface area contributed by atoms with Crippen LogP contribution in [0.25, 0.3) is 0 Å². The summed E-state index contributed by atoms with van der Waals surface area (Å²) < 4.78 is 16.8. The average Bonchev–Trinajstić information content (AvgIpc) is 3.25. The highest BCUT2D eigenvalue weighted by atomic mass is 16.8. The predicted octanol–water partition coefficient (Wildman–Crippen LogP) is 2.83. The molecule has 4 heteroatoms. The lowest BCUT2D eigenvalue weighted by Gasteiger charge is -2.22. The Hall–Kier alpha value is -2.33. The third-order valence-electron chi connectivity index (χ3n) is 3.97. The van der Waals surface area contributed by atoms with Crippen molar-refractivity contribution in [3.8, 4) is 11.5 Å². The van der Waals surface area contributed by atoms with E-state index in [-0.39, 0.29) is 5.78 Å². The van der Waals surface area contributed by atoms with E-state index in [2.05, 4.69) is 0 Å². The van der Waals surface area contributed by atoms with E-state index in [1.165, 1.54) is 0 Å². The molecule has 2 aliphatic rings. The van der Waals surface area contributed by atoms with Crippen LogP contribution >= 0.6 is 0 Å². The van der Waals surface area contributed by atoms with Crippen molar-refractivity contribution in [3.63, 3.8) is 0 Å². The van der Waals surface area contributed by atoms with Crippen molar-refractivity contribution in [1.82, 2.24) is 0 Å². The number of benzene rings is 2. The topological polar surface area (TPSA) is 48.1 Å². The van der Waals surface area contributed by atoms with E-state index in [4.69, 9.17) is 14.2 Å². The van der Waals surface area contributed by atoms with Gasteiger partial charge in [-0.3, -0.25) is 4.79 Å². The molecule has 21 heavy (non-hydrogen) atoms. The van der Waals surface area contributed by atoms with Crippen LogP contribution in [0.4, 0.5) is 0 Å². The summed E-state index contributed by atoms with van der Waals surface area (Å²) in [5.41, 5.74) is 2.46. The van der Waals surface area contributed by atoms with E-state index in [1.807, 2.05) is 49.4 Å². The maximum atomic E-state index is 12.5. The Bertz CT molecular complexity index is 735. The zero-order valence-electron chi connectivity index (χ0n) is 11.8. The summed E-state index contributed by atoms with van der Waals surface area (Å²) in [7, 11) is 1.61. The van der Waals surface area contributed by atoms with Crippen LogP contribution in [0.5, 0.6) is 11.5 Å². The second kappa shape index (κ2) is 4.09. The van der Waals surface area contributed by atoms with Crippen LogP contribution < -0.4 is 9.47 Å². The van der Waals surface area contributed by atoms with Crippen LogP contribution in [0.3, 0.4) is 0 Å². The number of aryl methyl sites for hydroxylation is 1. The Morgan fingerprint density at radius 3 is 2.62 bits per heavy atom. The number of epoxide rings is 1. The van der Waals surface area contributed by atoms with Gasteiger partial charge < -0.3 is 14.2 Å². The highest BCUT2D eigenvalue weighted by Gasteiger charge is 2.67. The number of ether oxygens (including phenoxy) is 3. The minimum absolute atomic E-state index is 0.0178. The Kier molecular flexibility index (Phi) is 2.41. The molecule has 1 saturated heterocycles. The Balaban J connectivity index is 1.75. The van der Waals surface area contributed by atoms with Gasteiger partial charge in [-0.2, -0.15) is 0 Å². The maximum Gasteiger partial charge on any atom is 0.272 e. The lowest BCUT2D eigenvalue weighted by molar-refractivity contribution is 0.0570. The molecule has 0 aliphatic carbocycles. The first-order chi connectivity index (χ1) is 10.1. The number of carbonyl (C=O) groups is 1. The first kappa shape index (κ1) is 12.4. The van der Waals surface area contributed by atoms with Crippen molar-refractivity contribution in [2.75, 3.05) is 7.11 Å². The molecule has 2 aromatic carbocycles. The molecule has 0 aromatic heterocycles. The quantitative estimate of drug-likeness (QED) is 0.795. The van der Waals surface area contributed by atoms with Crippen LogP contribution in [-0.2, 0) is 10.5 Å². The Morgan fingerprint density at radius 1 is 1.14 bits per heavy atom. The van der Waals surface area contributed by atoms with Crippen LogP contribution in [0.2, 0.25) is 0 Å². The van der Waals surface area contributed by atoms with Gasteiger partial charge in [-0.1, -0.05) is 11.6 Å². The molecule has 4 rings (SSSR count). The predicted molar refractivity (Wildman–Crippen MR) is 75.7 cm³/mol. The number of fused-ring (bicyclic) bond motifs is 2. The summed E-state index contributed by atoms with van der Waals surface area (Å²) in [6.45, 7) is 1.95. The molecule has 2 aliphatic heterocycles. The molecule has 2 atom stereocenters. The molecule has 0 bridgehead atoms. The summed E-state index contributed by atoms with van der Waals surface area (Å²) in [6, 6.07) is 13.0. The molecule has 1 fully saturated rings. The second-order valence-electron chi connectivity index (χ2n) is 5.36. The van der Waals surface area contributed by atoms with E-state index >= 15 is 0 Å². The summed E-state index contributed by atoms with van der Waals surface area (Å²) in [4.78, 5) is 12.5. The fourth-order valence-corrected chi connectivity index (χ4v) is 2.78. The van der Waals surface area contributed by atoms with Gasteiger partial charge in [0.05, 0.1) is 12.7 Å². The van der Waals surface area contributed by atoms with Crippen molar-refractivity contribution in [2.45, 2.75) is 18.8 Å². The van der Waals surface area contributed by atoms with Gasteiger partial charge in [0.1, 0.15) is 11.5 Å². The van der Waals surface area contributed by atoms with E-state index in [9.17, 15) is 4.79 Å². The molecule has 0 saturated carbocycles. The molecule has 0 amide bonds. The van der Waals surface area contributed by atoms with Gasteiger partial charge in [0.15, 0.2) is 6.10 Å². The maximum absolute atomic E-state index is 12.5. The summed E-state index contributed by atoms with van der Waals surface area (Å²) >= 11 is 0. The van der Waals surface area contributed by atoms with Crippen molar-refractivity contribution >= 4 is 5.78 Å². The van der Waals surface area contributed by atoms with Gasteiger partial charge in [-0.05, 0) is 43.3 Å². The number of hydrogen-bond donors (Lipinski definition) is 0. The van der Waals surface area contributed by atoms with E-state index in [0.717, 1.165) is 16.9 Å². The van der Waals surface area contributed by atoms with E-state index in [0.29, 0.717) is 11.3 Å². The number of Topliss-reactive ketones (excluding diaryl/α,β-unsaturated/α-hetero) is 1. The zero-order valence-corrected chi connectivity index (χ0v) is 11.8. The molecule has 2 unspecified atom stereocenters. The third-order valence-corrected chi connectivity index (χ3v) is 3.97. The molecule has 0 N–H and O–H groups in total. The van der Waals surface area contributed by atoms with Gasteiger partial charge in [-0.25, -0.2) is 0 Å². The molecule has 106 valence electrons. The third kappa shape index (κ3) is 1.69. The molecular weight excluding hydrogens is 268 g/mol. The summed E-state index contributed by atoms with van der Waals surface area (Å²) in [5, 5.41) is 0. The normalized spacial score (nSPS) is 25.6. The fraction of sp³-hybridized carbons (Fsp3) is 0.235. The van der Waals surface area contributed by atoms with Crippen LogP contribution in [0.1, 0.15) is 21.5 Å². The van der Waals surface area contributed by atoms with Gasteiger partial charge in [0, 0.05) is 5.56 Å². The highest BCUT2D eigenvalue weighted by Crippen LogP contribution is 2.53. The van der Waals surface area contributed by atoms with Gasteiger partial charge in [-0.15, -0.1) is 0 Å². The van der Waals surface area contributed by atoms with Crippen LogP contribution in [0, 0.1) is 6.92 Å². The number of rotatable bonds is 2. The summed E-state index contributed by atoms with van der Waals surface area (Å²) in [6.07, 6.45) is -0.555. The number of ketones is 1. The van der Waals surface area contributed by atoms with Crippen molar-refractivity contribution in [3.05, 3.63) is 59.2 Å². The SMILES string of the molecule is COc1ccc(C23Oc4ccc(C)cc4C(=O)C2O3)cc1. The second-order valence-corrected chi connectivity index (χ2v) is 5.36. The molecule has 0 radical (unpaired) electrons. The largest absolute Gasteiger partial charge is 0.497 e. The minimum Gasteiger partial charge on any atom is -0.497 e. The monoisotopic (exact) mass is 282 g/mol. The lowest BCUT2D eigenvalue weighted by atomic mass is 9.95. The number of carbonyl (C=O) groups excluding carboxylic acids is 1. The average molecular weight is 282 g/mol. The lowest BCUT2D eigenvalue weighted by Crippen LogP contribution is -2.30. The zero-order chi connectivity index (χ0) is 14.6. The van der Waals surface area contributed by atoms with E-state index < -0.39 is 11.9 Å². The minimum atomic E-state index is -0.967. The van der Waals surface area contributed by atoms with Crippen LogP contribution in [-0.4, -0.2) is 19.0 Å². The molecular formula is C17H14O4. The summed E-state index contributed by atoms with van der Waals surface area (Å²) in [5.74, 6) is 0.350. The standard InChI is InChI=1S/C17H14O4/c1-10-3-8-14-13(9-10)15(18)16-17(20-14,21-16)11-4-6-12(19-2)7-5-11/h3-9,16H,1-2H3. The smallest absolute Gasteiger partial charge is 0.272 e. The van der Waals surface area contributed by atoms with Gasteiger partial charge in [0.25, 0.3) is 5.79 Å². The van der Waals surface area contributed by atoms with Gasteiger partial charge >= 0.3 is 0 Å². The first-order valence-corrected chi connectivity index (χ1v) is 6.80. The molecule has 0 spiro atoms. The van der Waals surface area contributed by atoms with Crippen molar-refractivity contribution in [2.24, 2.45) is 0 Å².